The first-order valence-electron chi connectivity index (χ1n) is 6.05. The monoisotopic (exact) mass is 332 g/mol. The predicted molar refractivity (Wildman–Crippen MR) is 84.1 cm³/mol. The third kappa shape index (κ3) is 8.28. The second kappa shape index (κ2) is 8.60. The van der Waals surface area contributed by atoms with E-state index in [0.717, 1.165) is 0 Å². The van der Waals surface area contributed by atoms with Crippen molar-refractivity contribution in [2.24, 2.45) is 15.9 Å². The summed E-state index contributed by atoms with van der Waals surface area (Å²) in [5, 5.41) is 7.97. The molecule has 0 saturated heterocycles. The van der Waals surface area contributed by atoms with Gasteiger partial charge >= 0.3 is 0 Å². The fourth-order valence-electron chi connectivity index (χ4n) is 1.27. The zero-order chi connectivity index (χ0) is 15.7. The van der Waals surface area contributed by atoms with Crippen LogP contribution in [0.1, 0.15) is 12.0 Å². The lowest BCUT2D eigenvalue weighted by Gasteiger charge is -2.04. The van der Waals surface area contributed by atoms with Gasteiger partial charge in [0, 0.05) is 16.8 Å². The average Bonchev–Trinajstić information content (AvgIpc) is 2.39. The highest BCUT2D eigenvalue weighted by Crippen LogP contribution is 2.12. The molecule has 0 aliphatic carbocycles. The van der Waals surface area contributed by atoms with Crippen LogP contribution < -0.4 is 11.2 Å². The van der Waals surface area contributed by atoms with Crippen LogP contribution in [0, 0.1) is 0 Å². The average molecular weight is 333 g/mol. The Morgan fingerprint density at radius 2 is 2.19 bits per heavy atom. The van der Waals surface area contributed by atoms with Gasteiger partial charge in [0.05, 0.1) is 18.6 Å². The smallest absolute Gasteiger partial charge is 0.237 e. The fraction of sp³-hybridized carbons (Fsp3) is 0.333. The molecule has 0 aliphatic heterocycles. The number of nitrogens with zero attached hydrogens (tertiary/aromatic N) is 2. The predicted octanol–water partition coefficient (Wildman–Crippen LogP) is 0.945. The molecule has 0 bridgehead atoms. The molecule has 0 fully saturated rings. The van der Waals surface area contributed by atoms with Gasteiger partial charge in [0.15, 0.2) is 0 Å². The number of hydrogen-bond acceptors (Lipinski definition) is 5. The summed E-state index contributed by atoms with van der Waals surface area (Å²) >= 11 is 5.93. The number of benzene rings is 1. The van der Waals surface area contributed by atoms with Gasteiger partial charge in [0.1, 0.15) is 9.84 Å². The summed E-state index contributed by atoms with van der Waals surface area (Å²) < 4.78 is 21.8. The third-order valence-electron chi connectivity index (χ3n) is 2.21. The molecule has 0 radical (unpaired) electrons. The number of hydroxylamine groups is 1. The van der Waals surface area contributed by atoms with Crippen LogP contribution >= 0.6 is 11.6 Å². The zero-order valence-corrected chi connectivity index (χ0v) is 13.1. The minimum atomic E-state index is -2.98. The largest absolute Gasteiger partial charge is 0.367 e. The Labute approximate surface area is 128 Å². The molecule has 0 unspecified atom stereocenters. The van der Waals surface area contributed by atoms with Crippen molar-refractivity contribution in [2.75, 3.05) is 18.6 Å². The second-order valence-electron chi connectivity index (χ2n) is 4.19. The molecule has 9 heteroatoms. The first-order valence-corrected chi connectivity index (χ1v) is 8.49. The van der Waals surface area contributed by atoms with E-state index in [-0.39, 0.29) is 18.3 Å². The first-order chi connectivity index (χ1) is 9.88. The maximum Gasteiger partial charge on any atom is 0.237 e. The van der Waals surface area contributed by atoms with E-state index in [0.29, 0.717) is 17.0 Å². The Kier molecular flexibility index (Phi) is 7.13. The van der Waals surface area contributed by atoms with E-state index in [2.05, 4.69) is 15.7 Å². The van der Waals surface area contributed by atoms with Crippen molar-refractivity contribution in [3.63, 3.8) is 0 Å². The molecule has 1 aromatic rings. The Bertz CT molecular complexity index is 617. The lowest BCUT2D eigenvalue weighted by Crippen LogP contribution is -2.31. The molecule has 0 saturated carbocycles. The van der Waals surface area contributed by atoms with Crippen LogP contribution in [0.5, 0.6) is 0 Å². The van der Waals surface area contributed by atoms with Gasteiger partial charge in [0.2, 0.25) is 5.96 Å². The van der Waals surface area contributed by atoms with E-state index in [4.69, 9.17) is 22.2 Å². The van der Waals surface area contributed by atoms with E-state index in [1.807, 2.05) is 12.1 Å². The molecule has 21 heavy (non-hydrogen) atoms. The molecule has 0 atom stereocenters. The van der Waals surface area contributed by atoms with Crippen molar-refractivity contribution in [2.45, 2.75) is 6.42 Å². The van der Waals surface area contributed by atoms with Gasteiger partial charge < -0.3 is 5.73 Å². The molecule has 3 N–H and O–H groups in total. The molecule has 1 aromatic carbocycles. The Balaban J connectivity index is 2.32. The zero-order valence-electron chi connectivity index (χ0n) is 11.5. The fourth-order valence-corrected chi connectivity index (χ4v) is 2.10. The molecular weight excluding hydrogens is 316 g/mol. The highest BCUT2D eigenvalue weighted by Gasteiger charge is 2.01. The topological polar surface area (TPSA) is 106 Å². The second-order valence-corrected chi connectivity index (χ2v) is 6.85. The van der Waals surface area contributed by atoms with Crippen molar-refractivity contribution in [1.82, 2.24) is 5.48 Å². The van der Waals surface area contributed by atoms with Gasteiger partial charge in [-0.05, 0) is 12.5 Å². The lowest BCUT2D eigenvalue weighted by atomic mass is 10.2. The summed E-state index contributed by atoms with van der Waals surface area (Å²) in [5.41, 5.74) is 8.56. The molecule has 0 amide bonds. The Morgan fingerprint density at radius 1 is 1.48 bits per heavy atom. The number of halogens is 1. The van der Waals surface area contributed by atoms with Crippen LogP contribution in [0.4, 0.5) is 0 Å². The molecule has 1 rings (SSSR count). The van der Waals surface area contributed by atoms with Crippen molar-refractivity contribution in [3.05, 3.63) is 34.9 Å². The third-order valence-corrected chi connectivity index (χ3v) is 3.58. The van der Waals surface area contributed by atoms with Crippen LogP contribution in [0.2, 0.25) is 5.02 Å². The van der Waals surface area contributed by atoms with Crippen molar-refractivity contribution < 1.29 is 13.3 Å². The number of hydrogen-bond donors (Lipinski definition) is 2. The molecule has 116 valence electrons. The molecule has 0 heterocycles. The van der Waals surface area contributed by atoms with Gasteiger partial charge in [-0.15, -0.1) is 5.10 Å². The lowest BCUT2D eigenvalue weighted by molar-refractivity contribution is 0.0849. The molecule has 0 aliphatic rings. The summed E-state index contributed by atoms with van der Waals surface area (Å²) in [7, 11) is -2.98. The molecule has 0 spiro atoms. The highest BCUT2D eigenvalue weighted by molar-refractivity contribution is 7.90. The quantitative estimate of drug-likeness (QED) is 0.334. The van der Waals surface area contributed by atoms with E-state index in [1.54, 1.807) is 12.1 Å². The summed E-state index contributed by atoms with van der Waals surface area (Å²) in [4.78, 5) is 4.95. The summed E-state index contributed by atoms with van der Waals surface area (Å²) in [6.07, 6.45) is 2.99. The Morgan fingerprint density at radius 3 is 2.86 bits per heavy atom. The van der Waals surface area contributed by atoms with Crippen molar-refractivity contribution in [1.29, 1.82) is 0 Å². The van der Waals surface area contributed by atoms with Crippen LogP contribution in [0.25, 0.3) is 0 Å². The van der Waals surface area contributed by atoms with Crippen molar-refractivity contribution in [3.8, 4) is 0 Å². The van der Waals surface area contributed by atoms with Gasteiger partial charge in [-0.1, -0.05) is 29.8 Å². The molecular formula is C12H17ClN4O3S. The van der Waals surface area contributed by atoms with Gasteiger partial charge in [0.25, 0.3) is 0 Å². The molecule has 0 aromatic heterocycles. The van der Waals surface area contributed by atoms with Gasteiger partial charge in [-0.25, -0.2) is 13.9 Å². The van der Waals surface area contributed by atoms with Gasteiger partial charge in [-0.3, -0.25) is 4.84 Å². The number of sulfone groups is 1. The van der Waals surface area contributed by atoms with Crippen LogP contribution in [0.15, 0.2) is 34.5 Å². The van der Waals surface area contributed by atoms with E-state index < -0.39 is 9.84 Å². The minimum Gasteiger partial charge on any atom is -0.367 e. The molecule has 7 nitrogen and oxygen atoms in total. The SMILES string of the molecule is CS(=O)(=O)CCCON/C(N)=N\N=Cc1ccccc1Cl. The van der Waals surface area contributed by atoms with Crippen LogP contribution in [-0.4, -0.2) is 39.2 Å². The Hall–Kier alpha value is -1.64. The summed E-state index contributed by atoms with van der Waals surface area (Å²) in [6, 6.07) is 7.15. The van der Waals surface area contributed by atoms with Crippen LogP contribution in [0.3, 0.4) is 0 Å². The summed E-state index contributed by atoms with van der Waals surface area (Å²) in [5.74, 6) is 0.00814. The maximum absolute atomic E-state index is 10.9. The first kappa shape index (κ1) is 17.4. The normalized spacial score (nSPS) is 12.8. The number of guanidine groups is 1. The number of rotatable bonds is 7. The van der Waals surface area contributed by atoms with E-state index in [1.165, 1.54) is 12.5 Å². The van der Waals surface area contributed by atoms with E-state index in [9.17, 15) is 8.42 Å². The maximum atomic E-state index is 10.9. The number of nitrogens with two attached hydrogens (primary N) is 1. The van der Waals surface area contributed by atoms with Gasteiger partial charge in [-0.2, -0.15) is 5.10 Å². The summed E-state index contributed by atoms with van der Waals surface area (Å²) in [6.45, 7) is 0.192. The van der Waals surface area contributed by atoms with E-state index >= 15 is 0 Å². The number of nitrogens with one attached hydrogen (secondary N) is 1. The van der Waals surface area contributed by atoms with Crippen molar-refractivity contribution >= 4 is 33.6 Å². The minimum absolute atomic E-state index is 0.0438. The standard InChI is InChI=1S/C12H17ClN4O3S/c1-21(18,19)8-4-7-20-17-12(14)16-15-9-10-5-2-3-6-11(10)13/h2-3,5-6,9H,4,7-8H2,1H3,(H3,14,16,17). The highest BCUT2D eigenvalue weighted by atomic mass is 35.5. The van der Waals surface area contributed by atoms with Crippen LogP contribution in [-0.2, 0) is 14.7 Å².